The Kier molecular flexibility index (Phi) is 4.79. The highest BCUT2D eigenvalue weighted by molar-refractivity contribution is 5.78. The Balaban J connectivity index is 1.79. The fourth-order valence-corrected chi connectivity index (χ4v) is 1.98. The van der Waals surface area contributed by atoms with Crippen LogP contribution in [0.3, 0.4) is 0 Å². The molecule has 4 heteroatoms. The van der Waals surface area contributed by atoms with Crippen LogP contribution in [-0.2, 0) is 11.2 Å². The molecular formula is C16H21NO3. The second-order valence-electron chi connectivity index (χ2n) is 5.37. The molecule has 0 aliphatic rings. The van der Waals surface area contributed by atoms with Crippen molar-refractivity contribution < 1.29 is 14.3 Å². The number of hydrogen-bond acceptors (Lipinski definition) is 3. The van der Waals surface area contributed by atoms with E-state index < -0.39 is 6.10 Å². The smallest absolute Gasteiger partial charge is 0.222 e. The van der Waals surface area contributed by atoms with Crippen LogP contribution >= 0.6 is 0 Å². The van der Waals surface area contributed by atoms with Gasteiger partial charge in [0.25, 0.3) is 0 Å². The Labute approximate surface area is 118 Å². The normalized spacial score (nSPS) is 12.8. The van der Waals surface area contributed by atoms with Gasteiger partial charge in [-0.3, -0.25) is 4.79 Å². The van der Waals surface area contributed by atoms with E-state index in [1.165, 1.54) is 0 Å². The maximum absolute atomic E-state index is 11.6. The van der Waals surface area contributed by atoms with Gasteiger partial charge in [-0.2, -0.15) is 0 Å². The third-order valence-corrected chi connectivity index (χ3v) is 3.33. The first kappa shape index (κ1) is 14.6. The molecule has 1 aromatic carbocycles. The highest BCUT2D eigenvalue weighted by atomic mass is 16.3. The van der Waals surface area contributed by atoms with Crippen molar-refractivity contribution >= 4 is 16.9 Å². The topological polar surface area (TPSA) is 62.5 Å². The number of nitrogens with one attached hydrogen (secondary N) is 1. The van der Waals surface area contributed by atoms with E-state index in [2.05, 4.69) is 5.32 Å². The summed E-state index contributed by atoms with van der Waals surface area (Å²) in [5.74, 6) is 0.828. The quantitative estimate of drug-likeness (QED) is 0.851. The van der Waals surface area contributed by atoms with E-state index in [1.807, 2.05) is 44.2 Å². The highest BCUT2D eigenvalue weighted by Crippen LogP contribution is 2.18. The van der Waals surface area contributed by atoms with Gasteiger partial charge in [-0.15, -0.1) is 0 Å². The third-order valence-electron chi connectivity index (χ3n) is 3.33. The number of para-hydroxylation sites is 1. The average Bonchev–Trinajstić information content (AvgIpc) is 2.81. The molecule has 0 saturated carbocycles. The largest absolute Gasteiger partial charge is 0.461 e. The van der Waals surface area contributed by atoms with Gasteiger partial charge in [-0.05, 0) is 18.1 Å². The van der Waals surface area contributed by atoms with E-state index in [0.717, 1.165) is 16.7 Å². The van der Waals surface area contributed by atoms with Gasteiger partial charge in [0.15, 0.2) is 0 Å². The predicted molar refractivity (Wildman–Crippen MR) is 78.4 cm³/mol. The van der Waals surface area contributed by atoms with Crippen molar-refractivity contribution in [3.63, 3.8) is 0 Å². The number of carbonyl (C=O) groups excluding carboxylic acids is 1. The molecule has 4 nitrogen and oxygen atoms in total. The zero-order valence-electron chi connectivity index (χ0n) is 11.9. The molecule has 0 aliphatic heterocycles. The number of aliphatic hydroxyl groups is 1. The van der Waals surface area contributed by atoms with E-state index in [0.29, 0.717) is 13.0 Å². The summed E-state index contributed by atoms with van der Waals surface area (Å²) in [7, 11) is 0. The number of aliphatic hydroxyl groups excluding tert-OH is 1. The first-order chi connectivity index (χ1) is 9.56. The summed E-state index contributed by atoms with van der Waals surface area (Å²) in [5.41, 5.74) is 0.865. The summed E-state index contributed by atoms with van der Waals surface area (Å²) in [4.78, 5) is 11.6. The van der Waals surface area contributed by atoms with Crippen molar-refractivity contribution in [1.82, 2.24) is 5.32 Å². The lowest BCUT2D eigenvalue weighted by Gasteiger charge is -2.13. The molecule has 1 heterocycles. The van der Waals surface area contributed by atoms with Crippen molar-refractivity contribution in [3.05, 3.63) is 36.1 Å². The Bertz CT molecular complexity index is 541. The molecule has 0 fully saturated rings. The minimum absolute atomic E-state index is 0.0936. The Hall–Kier alpha value is -1.81. The van der Waals surface area contributed by atoms with Gasteiger partial charge < -0.3 is 14.8 Å². The predicted octanol–water partition coefficient (Wildman–Crippen LogP) is 2.50. The van der Waals surface area contributed by atoms with E-state index >= 15 is 0 Å². The molecule has 1 amide bonds. The summed E-state index contributed by atoms with van der Waals surface area (Å²) < 4.78 is 5.67. The van der Waals surface area contributed by atoms with E-state index in [-0.39, 0.29) is 18.2 Å². The van der Waals surface area contributed by atoms with Gasteiger partial charge in [0.1, 0.15) is 11.3 Å². The lowest BCUT2D eigenvalue weighted by atomic mass is 10.0. The molecule has 1 aromatic heterocycles. The van der Waals surface area contributed by atoms with Crippen LogP contribution in [0.1, 0.15) is 26.0 Å². The van der Waals surface area contributed by atoms with Crippen molar-refractivity contribution in [3.8, 4) is 0 Å². The number of benzene rings is 1. The molecule has 2 N–H and O–H groups in total. The fourth-order valence-electron chi connectivity index (χ4n) is 1.98. The highest BCUT2D eigenvalue weighted by Gasteiger charge is 2.14. The molecule has 2 rings (SSSR count). The molecule has 0 spiro atoms. The number of rotatable bonds is 6. The number of furan rings is 1. The number of fused-ring (bicyclic) bond motifs is 1. The molecule has 2 aromatic rings. The van der Waals surface area contributed by atoms with Crippen molar-refractivity contribution in [2.75, 3.05) is 6.54 Å². The molecule has 0 aliphatic carbocycles. The van der Waals surface area contributed by atoms with Crippen molar-refractivity contribution in [2.24, 2.45) is 5.92 Å². The summed E-state index contributed by atoms with van der Waals surface area (Å²) in [5, 5.41) is 13.5. The maximum Gasteiger partial charge on any atom is 0.222 e. The van der Waals surface area contributed by atoms with Crippen molar-refractivity contribution in [1.29, 1.82) is 0 Å². The monoisotopic (exact) mass is 275 g/mol. The summed E-state index contributed by atoms with van der Waals surface area (Å²) in [6, 6.07) is 9.82. The number of hydrogen-bond donors (Lipinski definition) is 2. The van der Waals surface area contributed by atoms with Gasteiger partial charge in [-0.25, -0.2) is 0 Å². The van der Waals surface area contributed by atoms with Crippen molar-refractivity contribution in [2.45, 2.75) is 32.8 Å². The Morgan fingerprint density at radius 3 is 2.80 bits per heavy atom. The molecule has 108 valence electrons. The second-order valence-corrected chi connectivity index (χ2v) is 5.37. The lowest BCUT2D eigenvalue weighted by molar-refractivity contribution is -0.123. The minimum atomic E-state index is -0.582. The second kappa shape index (κ2) is 6.57. The SMILES string of the molecule is CC(C)C(O)CC(=O)NCCc1cc2ccccc2o1. The number of carbonyl (C=O) groups is 1. The molecule has 0 saturated heterocycles. The van der Waals surface area contributed by atoms with Gasteiger partial charge in [-0.1, -0.05) is 32.0 Å². The van der Waals surface area contributed by atoms with Gasteiger partial charge >= 0.3 is 0 Å². The molecule has 1 atom stereocenters. The van der Waals surface area contributed by atoms with Crippen LogP contribution in [-0.4, -0.2) is 23.7 Å². The van der Waals surface area contributed by atoms with E-state index in [1.54, 1.807) is 0 Å². The van der Waals surface area contributed by atoms with Crippen LogP contribution < -0.4 is 5.32 Å². The summed E-state index contributed by atoms with van der Waals surface area (Å²) in [6.07, 6.45) is 0.219. The number of amides is 1. The van der Waals surface area contributed by atoms with Gasteiger partial charge in [0.05, 0.1) is 12.5 Å². The maximum atomic E-state index is 11.6. The minimum Gasteiger partial charge on any atom is -0.461 e. The van der Waals surface area contributed by atoms with Gasteiger partial charge in [0.2, 0.25) is 5.91 Å². The zero-order chi connectivity index (χ0) is 14.5. The average molecular weight is 275 g/mol. The fraction of sp³-hybridized carbons (Fsp3) is 0.438. The molecule has 20 heavy (non-hydrogen) atoms. The molecular weight excluding hydrogens is 254 g/mol. The molecule has 1 unspecified atom stereocenters. The van der Waals surface area contributed by atoms with Crippen LogP contribution in [0.4, 0.5) is 0 Å². The first-order valence-corrected chi connectivity index (χ1v) is 6.98. The standard InChI is InChI=1S/C16H21NO3/c1-11(2)14(18)10-16(19)17-8-7-13-9-12-5-3-4-6-15(12)20-13/h3-6,9,11,14,18H,7-8,10H2,1-2H3,(H,17,19). The van der Waals surface area contributed by atoms with Crippen LogP contribution in [0.2, 0.25) is 0 Å². The van der Waals surface area contributed by atoms with E-state index in [4.69, 9.17) is 4.42 Å². The Morgan fingerprint density at radius 2 is 2.10 bits per heavy atom. The van der Waals surface area contributed by atoms with Crippen LogP contribution in [0.15, 0.2) is 34.7 Å². The first-order valence-electron chi connectivity index (χ1n) is 6.98. The Morgan fingerprint density at radius 1 is 1.35 bits per heavy atom. The molecule has 0 bridgehead atoms. The van der Waals surface area contributed by atoms with Crippen LogP contribution in [0.5, 0.6) is 0 Å². The summed E-state index contributed by atoms with van der Waals surface area (Å²) >= 11 is 0. The molecule has 0 radical (unpaired) electrons. The van der Waals surface area contributed by atoms with Crippen LogP contribution in [0.25, 0.3) is 11.0 Å². The zero-order valence-corrected chi connectivity index (χ0v) is 11.9. The van der Waals surface area contributed by atoms with Crippen LogP contribution in [0, 0.1) is 5.92 Å². The summed E-state index contributed by atoms with van der Waals surface area (Å²) in [6.45, 7) is 4.31. The lowest BCUT2D eigenvalue weighted by Crippen LogP contribution is -2.30. The third kappa shape index (κ3) is 3.84. The van der Waals surface area contributed by atoms with E-state index in [9.17, 15) is 9.90 Å². The van der Waals surface area contributed by atoms with Gasteiger partial charge in [0, 0.05) is 18.4 Å².